The molecule has 3 aromatic rings. The van der Waals surface area contributed by atoms with Crippen molar-refractivity contribution in [3.8, 4) is 5.75 Å². The second kappa shape index (κ2) is 8.81. The molecule has 9 heteroatoms. The van der Waals surface area contributed by atoms with Crippen LogP contribution in [0.1, 0.15) is 29.3 Å². The van der Waals surface area contributed by atoms with Crippen LogP contribution in [0.15, 0.2) is 51.9 Å². The van der Waals surface area contributed by atoms with E-state index in [4.69, 9.17) is 9.26 Å². The van der Waals surface area contributed by atoms with Crippen molar-refractivity contribution in [2.24, 2.45) is 0 Å². The van der Waals surface area contributed by atoms with E-state index < -0.39 is 16.1 Å². The Morgan fingerprint density at radius 3 is 2.29 bits per heavy atom. The number of carbonyl (C=O) groups is 1. The highest BCUT2D eigenvalue weighted by atomic mass is 32.2. The van der Waals surface area contributed by atoms with Gasteiger partial charge in [0.15, 0.2) is 6.10 Å². The Morgan fingerprint density at radius 1 is 1.03 bits per heavy atom. The van der Waals surface area contributed by atoms with Gasteiger partial charge >= 0.3 is 0 Å². The zero-order chi connectivity index (χ0) is 22.8. The number of sulfonamides is 1. The minimum absolute atomic E-state index is 0.0263. The third-order valence-corrected chi connectivity index (χ3v) is 6.32. The molecule has 164 valence electrons. The topological polar surface area (TPSA) is 111 Å². The van der Waals surface area contributed by atoms with Gasteiger partial charge in [-0.1, -0.05) is 11.2 Å². The molecule has 0 aliphatic carbocycles. The summed E-state index contributed by atoms with van der Waals surface area (Å²) in [5, 5.41) is 6.46. The summed E-state index contributed by atoms with van der Waals surface area (Å²) in [6.07, 6.45) is -0.732. The molecule has 0 saturated heterocycles. The van der Waals surface area contributed by atoms with Gasteiger partial charge in [0.25, 0.3) is 15.9 Å². The number of carbonyl (C=O) groups excluding carboxylic acids is 1. The van der Waals surface area contributed by atoms with Crippen molar-refractivity contribution in [3.63, 3.8) is 0 Å². The van der Waals surface area contributed by atoms with Crippen LogP contribution in [-0.2, 0) is 14.8 Å². The molecule has 2 aromatic carbocycles. The minimum Gasteiger partial charge on any atom is -0.481 e. The van der Waals surface area contributed by atoms with E-state index in [1.54, 1.807) is 20.8 Å². The van der Waals surface area contributed by atoms with E-state index in [0.717, 1.165) is 11.1 Å². The van der Waals surface area contributed by atoms with Crippen molar-refractivity contribution in [2.75, 3.05) is 10.0 Å². The SMILES string of the molecule is Cc1ccc(OC(C)C(=O)Nc2ccc(S(=O)(=O)Nc3onc(C)c3C)cc2)cc1C. The maximum absolute atomic E-state index is 12.6. The average molecular weight is 444 g/mol. The van der Waals surface area contributed by atoms with Gasteiger partial charge in [-0.3, -0.25) is 4.79 Å². The van der Waals surface area contributed by atoms with Gasteiger partial charge in [0.05, 0.1) is 10.6 Å². The summed E-state index contributed by atoms with van der Waals surface area (Å²) in [7, 11) is -3.85. The minimum atomic E-state index is -3.85. The molecule has 0 fully saturated rings. The van der Waals surface area contributed by atoms with Gasteiger partial charge in [0.1, 0.15) is 5.75 Å². The highest BCUT2D eigenvalue weighted by molar-refractivity contribution is 7.92. The fraction of sp³-hybridized carbons (Fsp3) is 0.273. The second-order valence-corrected chi connectivity index (χ2v) is 9.03. The lowest BCUT2D eigenvalue weighted by atomic mass is 10.1. The third-order valence-electron chi connectivity index (χ3n) is 4.98. The van der Waals surface area contributed by atoms with E-state index in [2.05, 4.69) is 15.2 Å². The largest absolute Gasteiger partial charge is 0.481 e. The number of aromatic nitrogens is 1. The van der Waals surface area contributed by atoms with Crippen molar-refractivity contribution in [2.45, 2.75) is 45.6 Å². The first kappa shape index (κ1) is 22.4. The maximum Gasteiger partial charge on any atom is 0.265 e. The molecule has 1 amide bonds. The van der Waals surface area contributed by atoms with E-state index in [1.165, 1.54) is 24.3 Å². The lowest BCUT2D eigenvalue weighted by molar-refractivity contribution is -0.122. The van der Waals surface area contributed by atoms with Crippen LogP contribution in [0.3, 0.4) is 0 Å². The van der Waals surface area contributed by atoms with E-state index >= 15 is 0 Å². The summed E-state index contributed by atoms with van der Waals surface area (Å²) >= 11 is 0. The Morgan fingerprint density at radius 2 is 1.71 bits per heavy atom. The van der Waals surface area contributed by atoms with Gasteiger partial charge < -0.3 is 14.6 Å². The molecule has 1 unspecified atom stereocenters. The number of benzene rings is 2. The molecule has 0 radical (unpaired) electrons. The zero-order valence-corrected chi connectivity index (χ0v) is 18.8. The molecule has 0 aliphatic heterocycles. The normalized spacial score (nSPS) is 12.3. The van der Waals surface area contributed by atoms with Crippen LogP contribution >= 0.6 is 0 Å². The highest BCUT2D eigenvalue weighted by Crippen LogP contribution is 2.23. The summed E-state index contributed by atoms with van der Waals surface area (Å²) < 4.78 is 38.2. The van der Waals surface area contributed by atoms with Crippen LogP contribution in [0.5, 0.6) is 5.75 Å². The lowest BCUT2D eigenvalue weighted by Gasteiger charge is -2.16. The Kier molecular flexibility index (Phi) is 6.35. The molecule has 1 aromatic heterocycles. The van der Waals surface area contributed by atoms with E-state index in [-0.39, 0.29) is 16.7 Å². The van der Waals surface area contributed by atoms with Crippen LogP contribution in [0.2, 0.25) is 0 Å². The number of amides is 1. The number of hydrogen-bond donors (Lipinski definition) is 2. The first-order chi connectivity index (χ1) is 14.6. The number of ether oxygens (including phenoxy) is 1. The zero-order valence-electron chi connectivity index (χ0n) is 18.0. The standard InChI is InChI=1S/C22H25N3O5S/c1-13-6-9-19(12-14(13)2)29-17(5)21(26)23-18-7-10-20(11-8-18)31(27,28)25-22-15(3)16(4)24-30-22/h6-12,17,25H,1-5H3,(H,23,26). The molecule has 8 nitrogen and oxygen atoms in total. The molecule has 1 atom stereocenters. The number of nitrogens with zero attached hydrogens (tertiary/aromatic N) is 1. The number of nitrogens with one attached hydrogen (secondary N) is 2. The van der Waals surface area contributed by atoms with Gasteiger partial charge in [-0.15, -0.1) is 0 Å². The fourth-order valence-corrected chi connectivity index (χ4v) is 3.74. The Labute approximate surface area is 181 Å². The Hall–Kier alpha value is -3.33. The van der Waals surface area contributed by atoms with Gasteiger partial charge in [-0.25, -0.2) is 13.1 Å². The molecule has 3 rings (SSSR count). The van der Waals surface area contributed by atoms with Gasteiger partial charge in [-0.2, -0.15) is 0 Å². The predicted octanol–water partition coefficient (Wildman–Crippen LogP) is 4.12. The number of rotatable bonds is 7. The molecule has 0 saturated carbocycles. The first-order valence-corrected chi connectivity index (χ1v) is 11.2. The van der Waals surface area contributed by atoms with Crippen LogP contribution in [0, 0.1) is 27.7 Å². The van der Waals surface area contributed by atoms with Gasteiger partial charge in [0.2, 0.25) is 5.88 Å². The van der Waals surface area contributed by atoms with Crippen LogP contribution < -0.4 is 14.8 Å². The second-order valence-electron chi connectivity index (χ2n) is 7.35. The smallest absolute Gasteiger partial charge is 0.265 e. The van der Waals surface area contributed by atoms with E-state index in [9.17, 15) is 13.2 Å². The summed E-state index contributed by atoms with van der Waals surface area (Å²) in [5.41, 5.74) is 3.89. The van der Waals surface area contributed by atoms with Crippen LogP contribution in [-0.4, -0.2) is 25.6 Å². The Bertz CT molecular complexity index is 1200. The number of aryl methyl sites for hydroxylation is 3. The van der Waals surface area contributed by atoms with Crippen LogP contribution in [0.25, 0.3) is 0 Å². The quantitative estimate of drug-likeness (QED) is 0.568. The molecule has 0 spiro atoms. The molecular weight excluding hydrogens is 418 g/mol. The molecule has 2 N–H and O–H groups in total. The summed E-state index contributed by atoms with van der Waals surface area (Å²) in [4.78, 5) is 12.5. The fourth-order valence-electron chi connectivity index (χ4n) is 2.70. The van der Waals surface area contributed by atoms with E-state index in [1.807, 2.05) is 32.0 Å². The van der Waals surface area contributed by atoms with Crippen molar-refractivity contribution in [1.29, 1.82) is 0 Å². The third kappa shape index (κ3) is 5.24. The highest BCUT2D eigenvalue weighted by Gasteiger charge is 2.20. The molecule has 0 bridgehead atoms. The monoisotopic (exact) mass is 443 g/mol. The molecule has 1 heterocycles. The van der Waals surface area contributed by atoms with Gasteiger partial charge in [0, 0.05) is 11.3 Å². The predicted molar refractivity (Wildman–Crippen MR) is 118 cm³/mol. The van der Waals surface area contributed by atoms with E-state index in [0.29, 0.717) is 22.7 Å². The summed E-state index contributed by atoms with van der Waals surface area (Å²) in [6, 6.07) is 11.4. The summed E-state index contributed by atoms with van der Waals surface area (Å²) in [5.74, 6) is 0.336. The molecule has 31 heavy (non-hydrogen) atoms. The Balaban J connectivity index is 1.64. The molecule has 0 aliphatic rings. The van der Waals surface area contributed by atoms with Crippen molar-refractivity contribution in [1.82, 2.24) is 5.16 Å². The number of hydrogen-bond acceptors (Lipinski definition) is 6. The first-order valence-electron chi connectivity index (χ1n) is 9.67. The molecular formula is C22H25N3O5S. The lowest BCUT2D eigenvalue weighted by Crippen LogP contribution is -2.30. The van der Waals surface area contributed by atoms with Crippen molar-refractivity contribution >= 4 is 27.5 Å². The van der Waals surface area contributed by atoms with Crippen molar-refractivity contribution < 1.29 is 22.5 Å². The average Bonchev–Trinajstić information content (AvgIpc) is 3.02. The summed E-state index contributed by atoms with van der Waals surface area (Å²) in [6.45, 7) is 9.06. The maximum atomic E-state index is 12.6. The van der Waals surface area contributed by atoms with Crippen LogP contribution in [0.4, 0.5) is 11.6 Å². The number of anilines is 2. The van der Waals surface area contributed by atoms with Gasteiger partial charge in [-0.05, 0) is 82.1 Å². The van der Waals surface area contributed by atoms with Crippen molar-refractivity contribution in [3.05, 3.63) is 64.8 Å².